The minimum atomic E-state index is -1.75. The lowest BCUT2D eigenvalue weighted by atomic mass is 9.93. The summed E-state index contributed by atoms with van der Waals surface area (Å²) in [5, 5.41) is 32.9. The average molecular weight is 818 g/mol. The lowest BCUT2D eigenvalue weighted by Crippen LogP contribution is -2.71. The second kappa shape index (κ2) is 32.2. The Kier molecular flexibility index (Phi) is 28.7. The Hall–Kier alpha value is -2.57. The van der Waals surface area contributed by atoms with Crippen molar-refractivity contribution in [3.63, 3.8) is 0 Å². The van der Waals surface area contributed by atoms with Crippen LogP contribution >= 0.6 is 0 Å². The normalized spacial score (nSPS) is 19.8. The van der Waals surface area contributed by atoms with Crippen LogP contribution in [-0.4, -0.2) is 92.8 Å². The van der Waals surface area contributed by atoms with Crippen LogP contribution in [0.15, 0.2) is 30.3 Å². The van der Waals surface area contributed by atoms with Gasteiger partial charge >= 0.3 is 6.09 Å². The molecule has 5 N–H and O–H groups in total. The fourth-order valence-electron chi connectivity index (χ4n) is 7.94. The minimum absolute atomic E-state index is 0.154. The van der Waals surface area contributed by atoms with Gasteiger partial charge in [0.2, 0.25) is 11.8 Å². The summed E-state index contributed by atoms with van der Waals surface area (Å²) in [6.45, 7) is 5.36. The largest absolute Gasteiger partial charge is 0.444 e. The SMILES string of the molecule is CCCCCCCCCCCCCCCCCC(=O)N(CCCCCCCCCCCC)[C@@H]1O[C@H](CO)[C@H](O)[C@H](O)[C@H]1N(C(=O)OCc1ccccc1)C(=O)[C@H](C)N. The van der Waals surface area contributed by atoms with Crippen LogP contribution in [0.1, 0.15) is 193 Å². The monoisotopic (exact) mass is 818 g/mol. The summed E-state index contributed by atoms with van der Waals surface area (Å²) in [6.07, 6.45) is 22.3. The average Bonchev–Trinajstić information content (AvgIpc) is 3.22. The van der Waals surface area contributed by atoms with Crippen molar-refractivity contribution in [2.24, 2.45) is 5.73 Å². The highest BCUT2D eigenvalue weighted by molar-refractivity contribution is 5.95. The maximum atomic E-state index is 14.2. The molecule has 1 heterocycles. The van der Waals surface area contributed by atoms with Gasteiger partial charge in [-0.2, -0.15) is 0 Å². The number of ether oxygens (including phenoxy) is 2. The van der Waals surface area contributed by atoms with E-state index >= 15 is 0 Å². The van der Waals surface area contributed by atoms with E-state index in [4.69, 9.17) is 15.2 Å². The van der Waals surface area contributed by atoms with Gasteiger partial charge in [0.25, 0.3) is 0 Å². The molecule has 6 atom stereocenters. The lowest BCUT2D eigenvalue weighted by Gasteiger charge is -2.49. The molecule has 1 aromatic rings. The summed E-state index contributed by atoms with van der Waals surface area (Å²) in [5.74, 6) is -1.08. The zero-order valence-corrected chi connectivity index (χ0v) is 36.7. The number of nitrogens with two attached hydrogens (primary N) is 1. The van der Waals surface area contributed by atoms with E-state index in [2.05, 4.69) is 13.8 Å². The smallest absolute Gasteiger partial charge is 0.417 e. The maximum absolute atomic E-state index is 14.2. The first-order chi connectivity index (χ1) is 28.2. The van der Waals surface area contributed by atoms with Gasteiger partial charge in [-0.3, -0.25) is 9.59 Å². The summed E-state index contributed by atoms with van der Waals surface area (Å²) < 4.78 is 11.8. The zero-order chi connectivity index (χ0) is 42.4. The summed E-state index contributed by atoms with van der Waals surface area (Å²) in [7, 11) is 0. The molecule has 1 aliphatic rings. The Labute approximate surface area is 351 Å². The van der Waals surface area contributed by atoms with Crippen molar-refractivity contribution in [3.05, 3.63) is 35.9 Å². The van der Waals surface area contributed by atoms with Crippen molar-refractivity contribution in [2.75, 3.05) is 13.2 Å². The first-order valence-electron chi connectivity index (χ1n) is 23.4. The summed E-state index contributed by atoms with van der Waals surface area (Å²) >= 11 is 0. The molecule has 2 rings (SSSR count). The van der Waals surface area contributed by atoms with Gasteiger partial charge in [-0.1, -0.05) is 192 Å². The van der Waals surface area contributed by atoms with Gasteiger partial charge in [-0.15, -0.1) is 0 Å². The number of nitrogens with zero attached hydrogens (tertiary/aromatic N) is 2. The number of aliphatic hydroxyl groups excluding tert-OH is 3. The highest BCUT2D eigenvalue weighted by Gasteiger charge is 2.53. The number of aliphatic hydroxyl groups is 3. The highest BCUT2D eigenvalue weighted by atomic mass is 16.6. The highest BCUT2D eigenvalue weighted by Crippen LogP contribution is 2.30. The van der Waals surface area contributed by atoms with Crippen LogP contribution in [0.2, 0.25) is 0 Å². The van der Waals surface area contributed by atoms with Crippen LogP contribution in [-0.2, 0) is 25.7 Å². The number of benzene rings is 1. The first kappa shape index (κ1) is 51.6. The molecule has 334 valence electrons. The predicted octanol–water partition coefficient (Wildman–Crippen LogP) is 9.32. The van der Waals surface area contributed by atoms with Gasteiger partial charge in [0, 0.05) is 13.0 Å². The third kappa shape index (κ3) is 20.1. The molecule has 1 saturated heterocycles. The van der Waals surface area contributed by atoms with E-state index < -0.39 is 55.2 Å². The quantitative estimate of drug-likeness (QED) is 0.0507. The number of rotatable bonds is 33. The molecule has 3 amide bonds. The van der Waals surface area contributed by atoms with Crippen LogP contribution in [0.25, 0.3) is 0 Å². The van der Waals surface area contributed by atoms with Gasteiger partial charge < -0.3 is 35.4 Å². The molecule has 58 heavy (non-hydrogen) atoms. The standard InChI is InChI=1S/C47H83N3O8/c1-4-6-8-10-12-14-16-17-18-19-20-21-23-25-30-34-41(52)49(35-31-26-24-22-15-13-11-9-7-5-2)46-42(44(54)43(53)40(36-51)58-46)50(45(55)38(3)48)47(56)57-37-39-32-28-27-29-33-39/h27-29,32-33,38,40,42-44,46,51,53-54H,4-26,30-31,34-37,48H2,1-3H3/t38-,40+,42+,43-,44+,46+/m0/s1. The molecular formula is C47H83N3O8. The fraction of sp³-hybridized carbons (Fsp3) is 0.809. The minimum Gasteiger partial charge on any atom is -0.444 e. The van der Waals surface area contributed by atoms with Crippen molar-refractivity contribution in [2.45, 2.75) is 231 Å². The maximum Gasteiger partial charge on any atom is 0.417 e. The number of hydrogen-bond acceptors (Lipinski definition) is 9. The molecule has 1 aliphatic heterocycles. The number of amides is 3. The van der Waals surface area contributed by atoms with Gasteiger partial charge in [-0.05, 0) is 25.3 Å². The van der Waals surface area contributed by atoms with E-state index in [-0.39, 0.29) is 25.5 Å². The molecule has 11 heteroatoms. The fourth-order valence-corrected chi connectivity index (χ4v) is 7.94. The summed E-state index contributed by atoms with van der Waals surface area (Å²) in [5.41, 5.74) is 6.72. The zero-order valence-electron chi connectivity index (χ0n) is 36.7. The van der Waals surface area contributed by atoms with Crippen LogP contribution in [0.5, 0.6) is 0 Å². The van der Waals surface area contributed by atoms with Crippen molar-refractivity contribution in [1.29, 1.82) is 0 Å². The van der Waals surface area contributed by atoms with E-state index in [1.165, 1.54) is 121 Å². The van der Waals surface area contributed by atoms with E-state index in [9.17, 15) is 29.7 Å². The number of carbonyl (C=O) groups is 3. The van der Waals surface area contributed by atoms with E-state index in [1.54, 1.807) is 24.3 Å². The van der Waals surface area contributed by atoms with Crippen LogP contribution in [0.3, 0.4) is 0 Å². The van der Waals surface area contributed by atoms with E-state index in [1.807, 2.05) is 6.07 Å². The summed E-state index contributed by atoms with van der Waals surface area (Å²) in [4.78, 5) is 43.9. The molecule has 0 spiro atoms. The lowest BCUT2D eigenvalue weighted by molar-refractivity contribution is -0.244. The van der Waals surface area contributed by atoms with E-state index in [0.29, 0.717) is 23.3 Å². The molecular weight excluding hydrogens is 735 g/mol. The molecule has 0 saturated carbocycles. The van der Waals surface area contributed by atoms with E-state index in [0.717, 1.165) is 38.5 Å². The second-order valence-corrected chi connectivity index (χ2v) is 16.7. The molecule has 1 fully saturated rings. The molecule has 1 aromatic carbocycles. The molecule has 0 unspecified atom stereocenters. The second-order valence-electron chi connectivity index (χ2n) is 16.7. The topological polar surface area (TPSA) is 163 Å². The van der Waals surface area contributed by atoms with Gasteiger partial charge in [0.05, 0.1) is 12.6 Å². The van der Waals surface area contributed by atoms with Gasteiger partial charge in [-0.25, -0.2) is 9.69 Å². The third-order valence-corrected chi connectivity index (χ3v) is 11.6. The molecule has 0 bridgehead atoms. The molecule has 0 radical (unpaired) electrons. The van der Waals surface area contributed by atoms with Crippen LogP contribution in [0, 0.1) is 0 Å². The Morgan fingerprint density at radius 1 is 0.690 bits per heavy atom. The first-order valence-corrected chi connectivity index (χ1v) is 23.4. The number of carbonyl (C=O) groups excluding carboxylic acids is 3. The molecule has 0 aliphatic carbocycles. The van der Waals surface area contributed by atoms with Crippen molar-refractivity contribution < 1.29 is 39.2 Å². The van der Waals surface area contributed by atoms with Gasteiger partial charge in [0.1, 0.15) is 31.0 Å². The van der Waals surface area contributed by atoms with Crippen LogP contribution < -0.4 is 5.73 Å². The molecule has 0 aromatic heterocycles. The Bertz CT molecular complexity index is 1200. The Balaban J connectivity index is 2.12. The predicted molar refractivity (Wildman–Crippen MR) is 232 cm³/mol. The van der Waals surface area contributed by atoms with Gasteiger partial charge in [0.15, 0.2) is 6.23 Å². The number of hydrogen-bond donors (Lipinski definition) is 4. The van der Waals surface area contributed by atoms with Crippen molar-refractivity contribution in [3.8, 4) is 0 Å². The molecule has 11 nitrogen and oxygen atoms in total. The third-order valence-electron chi connectivity index (χ3n) is 11.6. The van der Waals surface area contributed by atoms with Crippen LogP contribution in [0.4, 0.5) is 4.79 Å². The summed E-state index contributed by atoms with van der Waals surface area (Å²) in [6, 6.07) is 6.26. The van der Waals surface area contributed by atoms with Crippen molar-refractivity contribution in [1.82, 2.24) is 9.80 Å². The van der Waals surface area contributed by atoms with Crippen molar-refractivity contribution >= 4 is 17.9 Å². The number of unbranched alkanes of at least 4 members (excludes halogenated alkanes) is 23. The number of imide groups is 1. The Morgan fingerprint density at radius 2 is 1.14 bits per heavy atom. The Morgan fingerprint density at radius 3 is 1.59 bits per heavy atom.